The van der Waals surface area contributed by atoms with Crippen molar-refractivity contribution in [3.63, 3.8) is 0 Å². The van der Waals surface area contributed by atoms with Gasteiger partial charge in [-0.05, 0) is 30.2 Å². The van der Waals surface area contributed by atoms with E-state index in [1.165, 1.54) is 40.4 Å². The zero-order valence-electron chi connectivity index (χ0n) is 19.3. The number of aromatic nitrogens is 2. The van der Waals surface area contributed by atoms with E-state index >= 15 is 0 Å². The number of benzene rings is 2. The molecule has 2 aromatic heterocycles. The van der Waals surface area contributed by atoms with Crippen LogP contribution < -0.4 is 10.9 Å². The molecule has 0 aliphatic rings. The summed E-state index contributed by atoms with van der Waals surface area (Å²) < 4.78 is 6.37. The fourth-order valence-electron chi connectivity index (χ4n) is 3.55. The van der Waals surface area contributed by atoms with Crippen molar-refractivity contribution in [2.75, 3.05) is 11.9 Å². The predicted octanol–water partition coefficient (Wildman–Crippen LogP) is 4.63. The average molecular weight is 507 g/mol. The number of non-ortho nitro benzene ring substituents is 1. The molecule has 2 heterocycles. The summed E-state index contributed by atoms with van der Waals surface area (Å²) in [6, 6.07) is 12.4. The zero-order chi connectivity index (χ0) is 25.7. The molecule has 2 aromatic carbocycles. The van der Waals surface area contributed by atoms with Gasteiger partial charge in [0.25, 0.3) is 11.2 Å². The molecule has 0 aliphatic heterocycles. The number of carbonyl (C=O) groups is 2. The lowest BCUT2D eigenvalue weighted by Gasteiger charge is -2.09. The summed E-state index contributed by atoms with van der Waals surface area (Å²) in [6.45, 7) is 2.01. The fraction of sp³-hybridized carbons (Fsp3) is 0.200. The third-order valence-corrected chi connectivity index (χ3v) is 6.24. The Labute approximate surface area is 209 Å². The van der Waals surface area contributed by atoms with Crippen molar-refractivity contribution in [1.82, 2.24) is 9.55 Å². The first kappa shape index (κ1) is 24.7. The van der Waals surface area contributed by atoms with Gasteiger partial charge in [-0.1, -0.05) is 31.5 Å². The highest BCUT2D eigenvalue weighted by Gasteiger charge is 2.17. The highest BCUT2D eigenvalue weighted by molar-refractivity contribution is 7.17. The van der Waals surface area contributed by atoms with Crippen LogP contribution in [-0.4, -0.2) is 33.0 Å². The summed E-state index contributed by atoms with van der Waals surface area (Å²) in [6.07, 6.45) is 2.96. The second kappa shape index (κ2) is 10.9. The number of carbonyl (C=O) groups excluding carboxylic acids is 2. The van der Waals surface area contributed by atoms with Gasteiger partial charge in [0.1, 0.15) is 11.4 Å². The van der Waals surface area contributed by atoms with Crippen molar-refractivity contribution < 1.29 is 19.2 Å². The van der Waals surface area contributed by atoms with E-state index in [2.05, 4.69) is 10.3 Å². The molecule has 0 atom stereocenters. The molecule has 4 aromatic rings. The summed E-state index contributed by atoms with van der Waals surface area (Å²) in [5.74, 6) is -0.960. The van der Waals surface area contributed by atoms with Gasteiger partial charge in [0.05, 0.1) is 28.8 Å². The number of thiophene rings is 1. The maximum absolute atomic E-state index is 13.2. The summed E-state index contributed by atoms with van der Waals surface area (Å²) in [4.78, 5) is 53.5. The van der Waals surface area contributed by atoms with Crippen molar-refractivity contribution in [2.24, 2.45) is 0 Å². The third-order valence-electron chi connectivity index (χ3n) is 5.36. The lowest BCUT2D eigenvalue weighted by atomic mass is 10.1. The second-order valence-electron chi connectivity index (χ2n) is 7.93. The second-order valence-corrected chi connectivity index (χ2v) is 8.79. The van der Waals surface area contributed by atoms with Crippen molar-refractivity contribution in [3.05, 3.63) is 86.3 Å². The van der Waals surface area contributed by atoms with E-state index in [0.29, 0.717) is 33.8 Å². The van der Waals surface area contributed by atoms with Crippen LogP contribution in [0.4, 0.5) is 11.4 Å². The number of nitro groups is 1. The lowest BCUT2D eigenvalue weighted by Crippen LogP contribution is -2.27. The Balaban J connectivity index is 1.54. The number of hydrogen-bond donors (Lipinski definition) is 1. The van der Waals surface area contributed by atoms with Crippen molar-refractivity contribution in [3.8, 4) is 11.1 Å². The SMILES string of the molecule is CCCCOC(=O)c1cccc(NC(=O)Cn2cnc3scc(-c4cccc([N+](=O)[O-])c4)c3c2=O)c1. The number of anilines is 1. The first-order valence-corrected chi connectivity index (χ1v) is 12.0. The molecule has 11 heteroatoms. The minimum Gasteiger partial charge on any atom is -0.462 e. The van der Waals surface area contributed by atoms with Gasteiger partial charge in [-0.25, -0.2) is 9.78 Å². The van der Waals surface area contributed by atoms with E-state index in [1.54, 1.807) is 35.7 Å². The molecule has 1 N–H and O–H groups in total. The molecule has 0 spiro atoms. The normalized spacial score (nSPS) is 10.8. The van der Waals surface area contributed by atoms with Crippen LogP contribution in [0.25, 0.3) is 21.3 Å². The molecule has 184 valence electrons. The van der Waals surface area contributed by atoms with Gasteiger partial charge in [-0.2, -0.15) is 0 Å². The zero-order valence-corrected chi connectivity index (χ0v) is 20.1. The molecule has 4 rings (SSSR count). The van der Waals surface area contributed by atoms with Crippen LogP contribution in [0, 0.1) is 10.1 Å². The van der Waals surface area contributed by atoms with E-state index in [4.69, 9.17) is 4.74 Å². The number of nitrogens with one attached hydrogen (secondary N) is 1. The van der Waals surface area contributed by atoms with Crippen LogP contribution in [0.5, 0.6) is 0 Å². The van der Waals surface area contributed by atoms with Gasteiger partial charge in [-0.3, -0.25) is 24.3 Å². The van der Waals surface area contributed by atoms with Gasteiger partial charge >= 0.3 is 5.97 Å². The van der Waals surface area contributed by atoms with Crippen LogP contribution in [0.15, 0.2) is 65.0 Å². The molecule has 0 fully saturated rings. The van der Waals surface area contributed by atoms with Gasteiger partial charge in [-0.15, -0.1) is 11.3 Å². The average Bonchev–Trinajstić information content (AvgIpc) is 3.31. The molecule has 10 nitrogen and oxygen atoms in total. The Hall–Kier alpha value is -4.38. The van der Waals surface area contributed by atoms with Gasteiger partial charge in [0.2, 0.25) is 5.91 Å². The Bertz CT molecular complexity index is 1510. The molecule has 0 unspecified atom stereocenters. The number of fused-ring (bicyclic) bond motifs is 1. The number of nitrogens with zero attached hydrogens (tertiary/aromatic N) is 3. The Morgan fingerprint density at radius 1 is 1.19 bits per heavy atom. The van der Waals surface area contributed by atoms with E-state index < -0.39 is 22.4 Å². The molecule has 0 bridgehead atoms. The van der Waals surface area contributed by atoms with E-state index in [0.717, 1.165) is 12.8 Å². The molecule has 0 saturated carbocycles. The van der Waals surface area contributed by atoms with Crippen molar-refractivity contribution in [1.29, 1.82) is 0 Å². The number of ether oxygens (including phenoxy) is 1. The smallest absolute Gasteiger partial charge is 0.338 e. The molecular formula is C25H22N4O6S. The van der Waals surface area contributed by atoms with Crippen LogP contribution in [0.1, 0.15) is 30.1 Å². The predicted molar refractivity (Wildman–Crippen MR) is 136 cm³/mol. The first-order valence-electron chi connectivity index (χ1n) is 11.2. The molecule has 0 aliphatic carbocycles. The maximum atomic E-state index is 13.2. The third kappa shape index (κ3) is 5.47. The number of hydrogen-bond acceptors (Lipinski definition) is 8. The summed E-state index contributed by atoms with van der Waals surface area (Å²) >= 11 is 1.24. The lowest BCUT2D eigenvalue weighted by molar-refractivity contribution is -0.384. The number of amides is 1. The van der Waals surface area contributed by atoms with Gasteiger partial charge in [0.15, 0.2) is 0 Å². The highest BCUT2D eigenvalue weighted by Crippen LogP contribution is 2.32. The van der Waals surface area contributed by atoms with Crippen molar-refractivity contribution in [2.45, 2.75) is 26.3 Å². The minimum atomic E-state index is -0.501. The Morgan fingerprint density at radius 3 is 2.78 bits per heavy atom. The summed E-state index contributed by atoms with van der Waals surface area (Å²) in [7, 11) is 0. The number of nitro benzene ring substituents is 1. The topological polar surface area (TPSA) is 133 Å². The van der Waals surface area contributed by atoms with Crippen LogP contribution >= 0.6 is 11.3 Å². The number of rotatable bonds is 9. The van der Waals surface area contributed by atoms with E-state index in [9.17, 15) is 24.5 Å². The molecule has 0 radical (unpaired) electrons. The molecular weight excluding hydrogens is 484 g/mol. The van der Waals surface area contributed by atoms with E-state index in [-0.39, 0.29) is 17.6 Å². The Morgan fingerprint density at radius 2 is 2.00 bits per heavy atom. The monoisotopic (exact) mass is 506 g/mol. The van der Waals surface area contributed by atoms with E-state index in [1.807, 2.05) is 6.92 Å². The molecule has 36 heavy (non-hydrogen) atoms. The number of esters is 1. The molecule has 0 saturated heterocycles. The summed E-state index contributed by atoms with van der Waals surface area (Å²) in [5.41, 5.74) is 1.20. The molecule has 1 amide bonds. The minimum absolute atomic E-state index is 0.0908. The standard InChI is InChI=1S/C25H22N4O6S/c1-2-3-10-35-25(32)17-7-4-8-18(11-17)27-21(30)13-28-15-26-23-22(24(28)31)20(14-36-23)16-6-5-9-19(12-16)29(33)34/h4-9,11-12,14-15H,2-3,10,13H2,1H3,(H,27,30). The fourth-order valence-corrected chi connectivity index (χ4v) is 4.46. The first-order chi connectivity index (χ1) is 17.4. The van der Waals surface area contributed by atoms with Crippen LogP contribution in [-0.2, 0) is 16.1 Å². The van der Waals surface area contributed by atoms with Crippen LogP contribution in [0.2, 0.25) is 0 Å². The summed E-state index contributed by atoms with van der Waals surface area (Å²) in [5, 5.41) is 15.8. The Kier molecular flexibility index (Phi) is 7.50. The number of unbranched alkanes of at least 4 members (excludes halogenated alkanes) is 1. The van der Waals surface area contributed by atoms with Gasteiger partial charge in [0, 0.05) is 28.8 Å². The van der Waals surface area contributed by atoms with Crippen LogP contribution in [0.3, 0.4) is 0 Å². The van der Waals surface area contributed by atoms with Crippen molar-refractivity contribution >= 4 is 44.8 Å². The quantitative estimate of drug-likeness (QED) is 0.151. The largest absolute Gasteiger partial charge is 0.462 e. The maximum Gasteiger partial charge on any atom is 0.338 e. The van der Waals surface area contributed by atoms with Gasteiger partial charge < -0.3 is 10.1 Å². The highest BCUT2D eigenvalue weighted by atomic mass is 32.1.